The highest BCUT2D eigenvalue weighted by Crippen LogP contribution is 2.32. The fourth-order valence-electron chi connectivity index (χ4n) is 2.53. The van der Waals surface area contributed by atoms with Crippen LogP contribution in [-0.2, 0) is 9.84 Å². The second-order valence-corrected chi connectivity index (χ2v) is 9.52. The van der Waals surface area contributed by atoms with Gasteiger partial charge in [-0.1, -0.05) is 39.0 Å². The van der Waals surface area contributed by atoms with E-state index in [0.29, 0.717) is 17.3 Å². The molecule has 0 aliphatic carbocycles. The lowest BCUT2D eigenvalue weighted by molar-refractivity contribution is 0.241. The van der Waals surface area contributed by atoms with Crippen molar-refractivity contribution >= 4 is 27.2 Å². The predicted octanol–water partition coefficient (Wildman–Crippen LogP) is 4.10. The first-order valence-corrected chi connectivity index (χ1v) is 11.2. The van der Waals surface area contributed by atoms with Crippen LogP contribution in [0.2, 0.25) is 0 Å². The van der Waals surface area contributed by atoms with Crippen molar-refractivity contribution in [2.24, 2.45) is 0 Å². The lowest BCUT2D eigenvalue weighted by atomic mass is 10.0. The van der Waals surface area contributed by atoms with Gasteiger partial charge in [0.25, 0.3) is 0 Å². The van der Waals surface area contributed by atoms with Crippen molar-refractivity contribution < 1.29 is 13.2 Å². The number of carbonyl (C=O) groups is 1. The topological polar surface area (TPSA) is 75.3 Å². The number of hydrogen-bond acceptors (Lipinski definition) is 4. The Kier molecular flexibility index (Phi) is 7.23. The number of rotatable bonds is 8. The molecule has 1 heterocycles. The molecule has 1 aromatic carbocycles. The van der Waals surface area contributed by atoms with Crippen LogP contribution in [0.4, 0.5) is 4.79 Å². The molecule has 0 radical (unpaired) electrons. The van der Waals surface area contributed by atoms with E-state index in [9.17, 15) is 13.2 Å². The minimum absolute atomic E-state index is 0.0321. The van der Waals surface area contributed by atoms with Crippen molar-refractivity contribution in [3.8, 4) is 0 Å². The van der Waals surface area contributed by atoms with E-state index in [4.69, 9.17) is 0 Å². The largest absolute Gasteiger partial charge is 0.338 e. The maximum atomic E-state index is 13.2. The minimum atomic E-state index is -3.61. The van der Waals surface area contributed by atoms with Gasteiger partial charge in [0.1, 0.15) is 5.25 Å². The minimum Gasteiger partial charge on any atom is -0.338 e. The van der Waals surface area contributed by atoms with Gasteiger partial charge in [-0.25, -0.2) is 13.2 Å². The molecule has 26 heavy (non-hydrogen) atoms. The van der Waals surface area contributed by atoms with Crippen LogP contribution in [0.1, 0.15) is 48.8 Å². The van der Waals surface area contributed by atoms with E-state index in [0.717, 1.165) is 12.0 Å². The number of sulfone groups is 1. The molecule has 0 saturated heterocycles. The van der Waals surface area contributed by atoms with Crippen LogP contribution in [0.5, 0.6) is 0 Å². The van der Waals surface area contributed by atoms with Crippen molar-refractivity contribution in [2.45, 2.75) is 43.3 Å². The average Bonchev–Trinajstić information content (AvgIpc) is 3.14. The summed E-state index contributed by atoms with van der Waals surface area (Å²) in [5, 5.41) is 6.43. The summed E-state index contributed by atoms with van der Waals surface area (Å²) in [6, 6.07) is 10.3. The zero-order valence-electron chi connectivity index (χ0n) is 15.4. The molecule has 0 unspecified atom stereocenters. The third-order valence-electron chi connectivity index (χ3n) is 4.09. The third kappa shape index (κ3) is 5.08. The van der Waals surface area contributed by atoms with E-state index in [1.165, 1.54) is 11.3 Å². The summed E-state index contributed by atoms with van der Waals surface area (Å²) in [5.74, 6) is 0.337. The summed E-state index contributed by atoms with van der Waals surface area (Å²) in [4.78, 5) is 12.8. The van der Waals surface area contributed by atoms with Gasteiger partial charge >= 0.3 is 6.03 Å². The molecular formula is C19H26N2O3S2. The fraction of sp³-hybridized carbons (Fsp3) is 0.421. The van der Waals surface area contributed by atoms with Crippen molar-refractivity contribution in [2.75, 3.05) is 13.1 Å². The standard InChI is InChI=1S/C19H26N2O3S2/c1-4-11-20-19(22)21-13-18(17-6-5-12-25-17)26(23,24)16-9-7-15(8-10-16)14(2)3/h5-10,12,14,18H,4,11,13H2,1-3H3,(H2,20,21,22)/t18-/m0/s1. The molecule has 0 spiro atoms. The molecule has 0 saturated carbocycles. The van der Waals surface area contributed by atoms with E-state index in [2.05, 4.69) is 24.5 Å². The molecule has 0 bridgehead atoms. The first-order chi connectivity index (χ1) is 12.4. The van der Waals surface area contributed by atoms with Gasteiger partial charge in [0, 0.05) is 18.0 Å². The Labute approximate surface area is 159 Å². The molecular weight excluding hydrogens is 368 g/mol. The Bertz CT molecular complexity index is 798. The maximum absolute atomic E-state index is 13.2. The number of nitrogens with one attached hydrogen (secondary N) is 2. The molecule has 0 aliphatic rings. The first kappa shape index (κ1) is 20.5. The Balaban J connectivity index is 2.24. The number of hydrogen-bond donors (Lipinski definition) is 2. The Morgan fingerprint density at radius 2 is 1.81 bits per heavy atom. The maximum Gasteiger partial charge on any atom is 0.314 e. The molecule has 2 rings (SSSR count). The fourth-order valence-corrected chi connectivity index (χ4v) is 5.32. The number of amides is 2. The Morgan fingerprint density at radius 3 is 2.35 bits per heavy atom. The zero-order chi connectivity index (χ0) is 19.2. The van der Waals surface area contributed by atoms with E-state index in [-0.39, 0.29) is 17.5 Å². The summed E-state index contributed by atoms with van der Waals surface area (Å²) in [6.45, 7) is 6.68. The van der Waals surface area contributed by atoms with Crippen LogP contribution in [0.25, 0.3) is 0 Å². The molecule has 142 valence electrons. The van der Waals surface area contributed by atoms with Gasteiger partial charge in [0.2, 0.25) is 0 Å². The normalized spacial score (nSPS) is 12.8. The molecule has 1 atom stereocenters. The predicted molar refractivity (Wildman–Crippen MR) is 106 cm³/mol. The van der Waals surface area contributed by atoms with Gasteiger partial charge in [-0.3, -0.25) is 0 Å². The summed E-state index contributed by atoms with van der Waals surface area (Å²) in [6.07, 6.45) is 0.822. The van der Waals surface area contributed by atoms with Crippen LogP contribution < -0.4 is 10.6 Å². The van der Waals surface area contributed by atoms with Crippen LogP contribution in [-0.4, -0.2) is 27.5 Å². The van der Waals surface area contributed by atoms with E-state index in [1.54, 1.807) is 18.2 Å². The highest BCUT2D eigenvalue weighted by molar-refractivity contribution is 7.91. The van der Waals surface area contributed by atoms with Crippen molar-refractivity contribution in [1.82, 2.24) is 10.6 Å². The van der Waals surface area contributed by atoms with E-state index in [1.807, 2.05) is 30.5 Å². The molecule has 2 amide bonds. The highest BCUT2D eigenvalue weighted by atomic mass is 32.2. The van der Waals surface area contributed by atoms with Gasteiger partial charge in [-0.2, -0.15) is 0 Å². The Morgan fingerprint density at radius 1 is 1.12 bits per heavy atom. The highest BCUT2D eigenvalue weighted by Gasteiger charge is 2.30. The second-order valence-electron chi connectivity index (χ2n) is 6.41. The van der Waals surface area contributed by atoms with Gasteiger partial charge < -0.3 is 10.6 Å². The van der Waals surface area contributed by atoms with Crippen LogP contribution in [0.15, 0.2) is 46.7 Å². The third-order valence-corrected chi connectivity index (χ3v) is 7.33. The number of carbonyl (C=O) groups excluding carboxylic acids is 1. The summed E-state index contributed by atoms with van der Waals surface area (Å²) in [5.41, 5.74) is 1.09. The summed E-state index contributed by atoms with van der Waals surface area (Å²) in [7, 11) is -3.61. The lowest BCUT2D eigenvalue weighted by Crippen LogP contribution is -2.39. The van der Waals surface area contributed by atoms with Crippen LogP contribution in [0.3, 0.4) is 0 Å². The smallest absolute Gasteiger partial charge is 0.314 e. The molecule has 1 aromatic heterocycles. The first-order valence-electron chi connectivity index (χ1n) is 8.75. The molecule has 0 fully saturated rings. The van der Waals surface area contributed by atoms with Gasteiger partial charge in [0.15, 0.2) is 9.84 Å². The second kappa shape index (κ2) is 9.19. The van der Waals surface area contributed by atoms with Crippen molar-refractivity contribution in [3.05, 3.63) is 52.2 Å². The number of benzene rings is 1. The molecule has 2 N–H and O–H groups in total. The van der Waals surface area contributed by atoms with Gasteiger partial charge in [0.05, 0.1) is 4.90 Å². The Hall–Kier alpha value is -1.86. The average molecular weight is 395 g/mol. The molecule has 5 nitrogen and oxygen atoms in total. The summed E-state index contributed by atoms with van der Waals surface area (Å²) < 4.78 is 26.3. The SMILES string of the molecule is CCCNC(=O)NC[C@@H](c1cccs1)S(=O)(=O)c1ccc(C(C)C)cc1. The van der Waals surface area contributed by atoms with Crippen molar-refractivity contribution in [3.63, 3.8) is 0 Å². The zero-order valence-corrected chi connectivity index (χ0v) is 17.0. The van der Waals surface area contributed by atoms with Gasteiger partial charge in [-0.05, 0) is 41.5 Å². The van der Waals surface area contributed by atoms with Crippen LogP contribution >= 0.6 is 11.3 Å². The molecule has 0 aliphatic heterocycles. The van der Waals surface area contributed by atoms with Crippen LogP contribution in [0, 0.1) is 0 Å². The lowest BCUT2D eigenvalue weighted by Gasteiger charge is -2.18. The monoisotopic (exact) mass is 394 g/mol. The molecule has 7 heteroatoms. The quantitative estimate of drug-likeness (QED) is 0.708. The molecule has 2 aromatic rings. The van der Waals surface area contributed by atoms with Gasteiger partial charge in [-0.15, -0.1) is 11.3 Å². The number of thiophene rings is 1. The van der Waals surface area contributed by atoms with E-state index >= 15 is 0 Å². The van der Waals surface area contributed by atoms with Crippen molar-refractivity contribution in [1.29, 1.82) is 0 Å². The summed E-state index contributed by atoms with van der Waals surface area (Å²) >= 11 is 1.38. The number of urea groups is 1. The van der Waals surface area contributed by atoms with E-state index < -0.39 is 15.1 Å².